The predicted octanol–water partition coefficient (Wildman–Crippen LogP) is 2.96. The number of aromatic nitrogens is 2. The third-order valence-corrected chi connectivity index (χ3v) is 7.23. The minimum Gasteiger partial charge on any atom is -0.444 e. The molecule has 44 heavy (non-hydrogen) atoms. The molecule has 0 saturated carbocycles. The molecule has 18 heteroatoms. The van der Waals surface area contributed by atoms with Gasteiger partial charge in [-0.2, -0.15) is 13.2 Å². The van der Waals surface area contributed by atoms with Gasteiger partial charge >= 0.3 is 12.3 Å². The standard InChI is InChI=1S/C26H31F6N5O6S/c1-25(2,3)43-24(40)34-15(9-14-10-17(28)18(29)12-16(14)27)11-20(38)36-6-7-37-19(13-36)21(35-23(37)26(30,31)32)22(39)33-5-8-44(4,41)42/h10,12,15H,5-9,11,13H2,1-4H3,(H,33,39)(H,34,40). The topological polar surface area (TPSA) is 140 Å². The van der Waals surface area contributed by atoms with Gasteiger partial charge in [-0.3, -0.25) is 9.59 Å². The minimum atomic E-state index is -4.96. The molecule has 1 aromatic carbocycles. The van der Waals surface area contributed by atoms with E-state index in [4.69, 9.17) is 4.74 Å². The molecule has 0 aliphatic carbocycles. The molecular weight excluding hydrogens is 624 g/mol. The van der Waals surface area contributed by atoms with E-state index >= 15 is 0 Å². The van der Waals surface area contributed by atoms with Crippen LogP contribution in [-0.2, 0) is 45.1 Å². The largest absolute Gasteiger partial charge is 0.449 e. The van der Waals surface area contributed by atoms with Crippen molar-refractivity contribution in [2.45, 2.75) is 64.5 Å². The fourth-order valence-corrected chi connectivity index (χ4v) is 4.86. The van der Waals surface area contributed by atoms with Gasteiger partial charge in [-0.25, -0.2) is 31.4 Å². The number of halogens is 6. The Hall–Kier alpha value is -3.83. The number of fused-ring (bicyclic) bond motifs is 1. The van der Waals surface area contributed by atoms with Gasteiger partial charge in [0, 0.05) is 44.4 Å². The molecule has 2 aromatic rings. The Morgan fingerprint density at radius 3 is 2.27 bits per heavy atom. The summed E-state index contributed by atoms with van der Waals surface area (Å²) in [6, 6.07) is -0.344. The zero-order valence-corrected chi connectivity index (χ0v) is 25.0. The zero-order valence-electron chi connectivity index (χ0n) is 24.1. The van der Waals surface area contributed by atoms with E-state index in [-0.39, 0.29) is 17.8 Å². The lowest BCUT2D eigenvalue weighted by molar-refractivity contribution is -0.148. The first-order valence-corrected chi connectivity index (χ1v) is 15.2. The third-order valence-electron chi connectivity index (χ3n) is 6.28. The van der Waals surface area contributed by atoms with Crippen LogP contribution in [0.15, 0.2) is 12.1 Å². The summed E-state index contributed by atoms with van der Waals surface area (Å²) in [5, 5.41) is 4.60. The number of hydrogen-bond donors (Lipinski definition) is 2. The van der Waals surface area contributed by atoms with E-state index in [1.807, 2.05) is 0 Å². The van der Waals surface area contributed by atoms with Crippen molar-refractivity contribution in [1.29, 1.82) is 0 Å². The van der Waals surface area contributed by atoms with E-state index in [2.05, 4.69) is 15.6 Å². The average molecular weight is 656 g/mol. The first-order chi connectivity index (χ1) is 20.1. The lowest BCUT2D eigenvalue weighted by Crippen LogP contribution is -2.46. The molecule has 0 radical (unpaired) electrons. The molecule has 0 spiro atoms. The predicted molar refractivity (Wildman–Crippen MR) is 142 cm³/mol. The maximum absolute atomic E-state index is 14.4. The van der Waals surface area contributed by atoms with Crippen molar-refractivity contribution in [3.63, 3.8) is 0 Å². The fraction of sp³-hybridized carbons (Fsp3) is 0.538. The molecule has 0 bridgehead atoms. The summed E-state index contributed by atoms with van der Waals surface area (Å²) in [6.07, 6.45) is -6.09. The molecule has 1 aliphatic heterocycles. The van der Waals surface area contributed by atoms with E-state index in [1.165, 1.54) is 0 Å². The molecule has 3 rings (SSSR count). The third kappa shape index (κ3) is 9.33. The van der Waals surface area contributed by atoms with Gasteiger partial charge in [0.25, 0.3) is 5.91 Å². The molecule has 11 nitrogen and oxygen atoms in total. The summed E-state index contributed by atoms with van der Waals surface area (Å²) in [5.41, 5.74) is -2.25. The SMILES string of the molecule is CC(C)(C)OC(=O)NC(CC(=O)N1CCn2c(C(F)(F)F)nc(C(=O)NCCS(C)(=O)=O)c2C1)Cc1cc(F)c(F)cc1F. The Bertz CT molecular complexity index is 1540. The van der Waals surface area contributed by atoms with Crippen molar-refractivity contribution in [3.05, 3.63) is 52.4 Å². The molecule has 1 unspecified atom stereocenters. The van der Waals surface area contributed by atoms with Crippen molar-refractivity contribution in [2.24, 2.45) is 0 Å². The Kier molecular flexibility index (Phi) is 10.3. The number of carbonyl (C=O) groups is 3. The van der Waals surface area contributed by atoms with E-state index < -0.39 is 113 Å². The second-order valence-corrected chi connectivity index (χ2v) is 13.5. The van der Waals surface area contributed by atoms with Crippen LogP contribution in [0.3, 0.4) is 0 Å². The smallest absolute Gasteiger partial charge is 0.444 e. The number of nitrogens with zero attached hydrogens (tertiary/aromatic N) is 3. The minimum absolute atomic E-state index is 0.265. The van der Waals surface area contributed by atoms with Gasteiger partial charge in [0.2, 0.25) is 11.7 Å². The van der Waals surface area contributed by atoms with Gasteiger partial charge in [0.05, 0.1) is 18.0 Å². The lowest BCUT2D eigenvalue weighted by atomic mass is 10.0. The Balaban J connectivity index is 1.86. The maximum Gasteiger partial charge on any atom is 0.449 e. The summed E-state index contributed by atoms with van der Waals surface area (Å²) >= 11 is 0. The van der Waals surface area contributed by atoms with Crippen LogP contribution in [0.25, 0.3) is 0 Å². The number of ether oxygens (including phenoxy) is 1. The molecular formula is C26H31F6N5O6S. The molecule has 1 atom stereocenters. The van der Waals surface area contributed by atoms with Crippen LogP contribution in [0.4, 0.5) is 31.1 Å². The monoisotopic (exact) mass is 655 g/mol. The lowest BCUT2D eigenvalue weighted by Gasteiger charge is -2.31. The second-order valence-electron chi connectivity index (χ2n) is 11.2. The van der Waals surface area contributed by atoms with Gasteiger partial charge in [0.1, 0.15) is 21.3 Å². The molecule has 3 amide bonds. The van der Waals surface area contributed by atoms with Gasteiger partial charge < -0.3 is 24.8 Å². The van der Waals surface area contributed by atoms with Gasteiger partial charge in [-0.1, -0.05) is 0 Å². The summed E-state index contributed by atoms with van der Waals surface area (Å²) in [4.78, 5) is 43.0. The Morgan fingerprint density at radius 2 is 1.68 bits per heavy atom. The van der Waals surface area contributed by atoms with Crippen molar-refractivity contribution in [3.8, 4) is 0 Å². The Labute approximate surface area is 248 Å². The number of imidazole rings is 1. The highest BCUT2D eigenvalue weighted by Gasteiger charge is 2.42. The normalized spacial score (nSPS) is 14.5. The van der Waals surface area contributed by atoms with Gasteiger partial charge in [0.15, 0.2) is 17.3 Å². The Morgan fingerprint density at radius 1 is 1.05 bits per heavy atom. The molecule has 0 saturated heterocycles. The van der Waals surface area contributed by atoms with Crippen LogP contribution in [0.5, 0.6) is 0 Å². The van der Waals surface area contributed by atoms with Crippen LogP contribution in [0.2, 0.25) is 0 Å². The number of amides is 3. The highest BCUT2D eigenvalue weighted by Crippen LogP contribution is 2.32. The van der Waals surface area contributed by atoms with E-state index in [0.29, 0.717) is 12.1 Å². The van der Waals surface area contributed by atoms with Crippen LogP contribution in [0, 0.1) is 17.5 Å². The number of benzene rings is 1. The highest BCUT2D eigenvalue weighted by atomic mass is 32.2. The van der Waals surface area contributed by atoms with E-state index in [0.717, 1.165) is 15.7 Å². The first kappa shape index (κ1) is 34.7. The van der Waals surface area contributed by atoms with Crippen LogP contribution in [0.1, 0.15) is 54.8 Å². The molecule has 1 aliphatic rings. The molecule has 2 heterocycles. The summed E-state index contributed by atoms with van der Waals surface area (Å²) < 4.78 is 111. The average Bonchev–Trinajstić information content (AvgIpc) is 3.25. The summed E-state index contributed by atoms with van der Waals surface area (Å²) in [6.45, 7) is 3.08. The van der Waals surface area contributed by atoms with Crippen molar-refractivity contribution in [2.75, 3.05) is 25.1 Å². The summed E-state index contributed by atoms with van der Waals surface area (Å²) in [5.74, 6) is -7.63. The number of nitrogens with one attached hydrogen (secondary N) is 2. The van der Waals surface area contributed by atoms with E-state index in [9.17, 15) is 49.1 Å². The van der Waals surface area contributed by atoms with Gasteiger partial charge in [-0.15, -0.1) is 0 Å². The number of hydrogen-bond acceptors (Lipinski definition) is 7. The first-order valence-electron chi connectivity index (χ1n) is 13.2. The van der Waals surface area contributed by atoms with Crippen LogP contribution in [-0.4, -0.2) is 77.5 Å². The summed E-state index contributed by atoms with van der Waals surface area (Å²) in [7, 11) is -3.49. The second kappa shape index (κ2) is 13.0. The number of alkyl carbamates (subject to hydrolysis) is 1. The molecule has 2 N–H and O–H groups in total. The van der Waals surface area contributed by atoms with Crippen LogP contribution >= 0.6 is 0 Å². The van der Waals surface area contributed by atoms with Crippen molar-refractivity contribution < 1.29 is 53.9 Å². The fourth-order valence-electron chi connectivity index (χ4n) is 4.39. The number of carbonyl (C=O) groups excluding carboxylic acids is 3. The van der Waals surface area contributed by atoms with E-state index in [1.54, 1.807) is 20.8 Å². The zero-order chi connectivity index (χ0) is 33.2. The van der Waals surface area contributed by atoms with Crippen molar-refractivity contribution in [1.82, 2.24) is 25.1 Å². The maximum atomic E-state index is 14.4. The quantitative estimate of drug-likeness (QED) is 0.313. The number of rotatable bonds is 9. The highest BCUT2D eigenvalue weighted by molar-refractivity contribution is 7.90. The number of alkyl halides is 3. The molecule has 1 aromatic heterocycles. The van der Waals surface area contributed by atoms with Gasteiger partial charge in [-0.05, 0) is 38.8 Å². The van der Waals surface area contributed by atoms with Crippen molar-refractivity contribution >= 4 is 27.7 Å². The molecule has 244 valence electrons. The van der Waals surface area contributed by atoms with Crippen LogP contribution < -0.4 is 10.6 Å². The number of sulfone groups is 1. The molecule has 0 fully saturated rings.